The van der Waals surface area contributed by atoms with E-state index in [-0.39, 0.29) is 5.56 Å². The van der Waals surface area contributed by atoms with Crippen LogP contribution < -0.4 is 5.56 Å². The van der Waals surface area contributed by atoms with Gasteiger partial charge in [-0.2, -0.15) is 0 Å². The lowest BCUT2D eigenvalue weighted by Crippen LogP contribution is -2.15. The number of thiophene rings is 1. The molecule has 7 heteroatoms. The predicted octanol–water partition coefficient (Wildman–Crippen LogP) is 2.57. The highest BCUT2D eigenvalue weighted by molar-refractivity contribution is 7.99. The summed E-state index contributed by atoms with van der Waals surface area (Å²) >= 11 is 2.87. The molecule has 5 nitrogen and oxygen atoms in total. The van der Waals surface area contributed by atoms with Gasteiger partial charge in [0.2, 0.25) is 0 Å². The number of aromatic amines is 1. The number of nitrogens with zero attached hydrogens (tertiary/aromatic N) is 1. The van der Waals surface area contributed by atoms with E-state index in [2.05, 4.69) is 9.97 Å². The van der Waals surface area contributed by atoms with Gasteiger partial charge in [0.15, 0.2) is 0 Å². The summed E-state index contributed by atoms with van der Waals surface area (Å²) in [4.78, 5) is 32.5. The van der Waals surface area contributed by atoms with E-state index in [1.54, 1.807) is 18.3 Å². The number of carbonyl (C=O) groups is 1. The van der Waals surface area contributed by atoms with E-state index in [4.69, 9.17) is 5.11 Å². The highest BCUT2D eigenvalue weighted by atomic mass is 32.2. The average molecular weight is 324 g/mol. The molecule has 0 aliphatic heterocycles. The Morgan fingerprint density at radius 3 is 3.00 bits per heavy atom. The molecule has 1 aliphatic carbocycles. The number of aromatic nitrogens is 2. The van der Waals surface area contributed by atoms with Crippen molar-refractivity contribution < 1.29 is 9.90 Å². The Morgan fingerprint density at radius 1 is 1.48 bits per heavy atom. The van der Waals surface area contributed by atoms with Gasteiger partial charge in [-0.15, -0.1) is 23.1 Å². The van der Waals surface area contributed by atoms with Crippen LogP contribution in [0.25, 0.3) is 10.2 Å². The largest absolute Gasteiger partial charge is 0.480 e. The summed E-state index contributed by atoms with van der Waals surface area (Å²) in [7, 11) is 0. The first-order valence-electron chi connectivity index (χ1n) is 6.94. The molecular formula is C14H16N2O3S2. The molecule has 0 fully saturated rings. The number of hydrogen-bond donors (Lipinski definition) is 2. The standard InChI is InChI=1S/C14H16N2O3S2/c1-7(14(18)19)20-6-10-15-12(17)11-8-4-2-3-5-9(8)21-13(11)16-10/h7H,2-6H2,1H3,(H,18,19)(H,15,16,17). The summed E-state index contributed by atoms with van der Waals surface area (Å²) in [5.41, 5.74) is 1.09. The van der Waals surface area contributed by atoms with E-state index in [0.29, 0.717) is 11.6 Å². The van der Waals surface area contributed by atoms with Gasteiger partial charge in [0.1, 0.15) is 10.7 Å². The Bertz CT molecular complexity index is 750. The van der Waals surface area contributed by atoms with E-state index in [0.717, 1.165) is 29.5 Å². The first kappa shape index (κ1) is 14.6. The van der Waals surface area contributed by atoms with Gasteiger partial charge in [0.05, 0.1) is 16.4 Å². The smallest absolute Gasteiger partial charge is 0.316 e. The van der Waals surface area contributed by atoms with Gasteiger partial charge in [-0.25, -0.2) is 4.98 Å². The third kappa shape index (κ3) is 2.85. The lowest BCUT2D eigenvalue weighted by atomic mass is 9.97. The zero-order valence-corrected chi connectivity index (χ0v) is 13.3. The number of carboxylic acid groups (broad SMARTS) is 1. The number of aryl methyl sites for hydroxylation is 2. The highest BCUT2D eigenvalue weighted by Crippen LogP contribution is 2.33. The van der Waals surface area contributed by atoms with Gasteiger partial charge in [-0.3, -0.25) is 9.59 Å². The van der Waals surface area contributed by atoms with Crippen LogP contribution in [0.1, 0.15) is 36.0 Å². The van der Waals surface area contributed by atoms with Gasteiger partial charge in [0, 0.05) is 4.88 Å². The Kier molecular flexibility index (Phi) is 4.03. The average Bonchev–Trinajstić information content (AvgIpc) is 2.83. The first-order chi connectivity index (χ1) is 10.1. The van der Waals surface area contributed by atoms with Crippen molar-refractivity contribution in [3.63, 3.8) is 0 Å². The van der Waals surface area contributed by atoms with Crippen LogP contribution >= 0.6 is 23.1 Å². The number of fused-ring (bicyclic) bond motifs is 3. The van der Waals surface area contributed by atoms with Crippen LogP contribution in [0.4, 0.5) is 0 Å². The number of H-pyrrole nitrogens is 1. The van der Waals surface area contributed by atoms with Crippen molar-refractivity contribution in [2.75, 3.05) is 0 Å². The van der Waals surface area contributed by atoms with Gasteiger partial charge < -0.3 is 10.1 Å². The van der Waals surface area contributed by atoms with Crippen LogP contribution in [-0.4, -0.2) is 26.3 Å². The van der Waals surface area contributed by atoms with Crippen molar-refractivity contribution in [2.45, 2.75) is 43.6 Å². The SMILES string of the molecule is CC(SCc1nc2sc3c(c2c(=O)[nH]1)CCCC3)C(=O)O. The molecule has 0 amide bonds. The van der Waals surface area contributed by atoms with Crippen LogP contribution in [0.5, 0.6) is 0 Å². The normalized spacial score (nSPS) is 15.9. The molecule has 0 saturated carbocycles. The number of hydrogen-bond acceptors (Lipinski definition) is 5. The van der Waals surface area contributed by atoms with E-state index < -0.39 is 11.2 Å². The molecule has 0 bridgehead atoms. The minimum atomic E-state index is -0.852. The second-order valence-electron chi connectivity index (χ2n) is 5.20. The minimum Gasteiger partial charge on any atom is -0.480 e. The van der Waals surface area contributed by atoms with Crippen molar-refractivity contribution >= 4 is 39.3 Å². The maximum Gasteiger partial charge on any atom is 0.316 e. The van der Waals surface area contributed by atoms with Crippen molar-refractivity contribution in [2.24, 2.45) is 0 Å². The molecule has 112 valence electrons. The maximum absolute atomic E-state index is 12.3. The highest BCUT2D eigenvalue weighted by Gasteiger charge is 2.20. The second kappa shape index (κ2) is 5.81. The molecule has 1 unspecified atom stereocenters. The van der Waals surface area contributed by atoms with Crippen LogP contribution in [0.15, 0.2) is 4.79 Å². The van der Waals surface area contributed by atoms with Crippen molar-refractivity contribution in [3.8, 4) is 0 Å². The van der Waals surface area contributed by atoms with E-state index in [1.165, 1.54) is 28.6 Å². The molecule has 0 aromatic carbocycles. The molecule has 2 N–H and O–H groups in total. The fraction of sp³-hybridized carbons (Fsp3) is 0.500. The number of rotatable bonds is 4. The summed E-state index contributed by atoms with van der Waals surface area (Å²) in [6.07, 6.45) is 4.31. The number of aliphatic carboxylic acids is 1. The van der Waals surface area contributed by atoms with Crippen LogP contribution in [0, 0.1) is 0 Å². The molecule has 2 heterocycles. The van der Waals surface area contributed by atoms with Gasteiger partial charge in [0.25, 0.3) is 5.56 Å². The predicted molar refractivity (Wildman–Crippen MR) is 85.3 cm³/mol. The Morgan fingerprint density at radius 2 is 2.24 bits per heavy atom. The topological polar surface area (TPSA) is 83.0 Å². The van der Waals surface area contributed by atoms with E-state index >= 15 is 0 Å². The van der Waals surface area contributed by atoms with Crippen molar-refractivity contribution in [1.82, 2.24) is 9.97 Å². The molecule has 2 aromatic rings. The Balaban J connectivity index is 1.92. The molecule has 1 aliphatic rings. The lowest BCUT2D eigenvalue weighted by Gasteiger charge is -2.09. The maximum atomic E-state index is 12.3. The lowest BCUT2D eigenvalue weighted by molar-refractivity contribution is -0.136. The molecule has 0 saturated heterocycles. The number of carboxylic acids is 1. The molecule has 0 radical (unpaired) electrons. The minimum absolute atomic E-state index is 0.0852. The van der Waals surface area contributed by atoms with E-state index in [1.807, 2.05) is 0 Å². The monoisotopic (exact) mass is 324 g/mol. The Hall–Kier alpha value is -1.34. The molecule has 21 heavy (non-hydrogen) atoms. The fourth-order valence-electron chi connectivity index (χ4n) is 2.55. The van der Waals surface area contributed by atoms with Crippen LogP contribution in [0.3, 0.4) is 0 Å². The molecule has 0 spiro atoms. The summed E-state index contributed by atoms with van der Waals surface area (Å²) in [5, 5.41) is 9.12. The molecule has 2 aromatic heterocycles. The van der Waals surface area contributed by atoms with Crippen LogP contribution in [0.2, 0.25) is 0 Å². The van der Waals surface area contributed by atoms with Crippen LogP contribution in [-0.2, 0) is 23.4 Å². The van der Waals surface area contributed by atoms with E-state index in [9.17, 15) is 9.59 Å². The van der Waals surface area contributed by atoms with Gasteiger partial charge >= 0.3 is 5.97 Å². The zero-order valence-electron chi connectivity index (χ0n) is 11.6. The molecule has 3 rings (SSSR count). The number of thioether (sulfide) groups is 1. The third-order valence-corrected chi connectivity index (χ3v) is 6.02. The third-order valence-electron chi connectivity index (χ3n) is 3.69. The fourth-order valence-corrected chi connectivity index (χ4v) is 4.52. The second-order valence-corrected chi connectivity index (χ2v) is 7.61. The molecule has 1 atom stereocenters. The Labute approximate surface area is 129 Å². The molecular weight excluding hydrogens is 308 g/mol. The van der Waals surface area contributed by atoms with Gasteiger partial charge in [-0.1, -0.05) is 0 Å². The quantitative estimate of drug-likeness (QED) is 0.903. The summed E-state index contributed by atoms with van der Waals surface area (Å²) in [6.45, 7) is 1.63. The van der Waals surface area contributed by atoms with Crippen molar-refractivity contribution in [3.05, 3.63) is 26.6 Å². The number of nitrogens with one attached hydrogen (secondary N) is 1. The first-order valence-corrected chi connectivity index (χ1v) is 8.80. The summed E-state index contributed by atoms with van der Waals surface area (Å²) < 4.78 is 0. The summed E-state index contributed by atoms with van der Waals surface area (Å²) in [5.74, 6) is 0.112. The van der Waals surface area contributed by atoms with Crippen molar-refractivity contribution in [1.29, 1.82) is 0 Å². The van der Waals surface area contributed by atoms with Gasteiger partial charge in [-0.05, 0) is 38.2 Å². The summed E-state index contributed by atoms with van der Waals surface area (Å²) in [6, 6.07) is 0. The zero-order chi connectivity index (χ0) is 15.0.